The van der Waals surface area contributed by atoms with Gasteiger partial charge in [0, 0.05) is 18.3 Å². The van der Waals surface area contributed by atoms with Gasteiger partial charge in [-0.25, -0.2) is 9.79 Å². The lowest BCUT2D eigenvalue weighted by Crippen LogP contribution is -2.06. The number of carbonyl (C=O) groups excluding carboxylic acids is 1. The molecule has 0 atom stereocenters. The second-order valence-corrected chi connectivity index (χ2v) is 6.41. The van der Waals surface area contributed by atoms with Gasteiger partial charge >= 0.3 is 5.97 Å². The SMILES string of the molecule is CCOC(=O)c1c(C)oc(/N=C/c2ccc(C)cc2)c1-c1ccc([N+](=O)[O-])cc1. The van der Waals surface area contributed by atoms with E-state index in [1.807, 2.05) is 31.2 Å². The highest BCUT2D eigenvalue weighted by Crippen LogP contribution is 2.39. The summed E-state index contributed by atoms with van der Waals surface area (Å²) in [7, 11) is 0. The third-order valence-electron chi connectivity index (χ3n) is 4.32. The molecular formula is C22H20N2O5. The Morgan fingerprint density at radius 3 is 2.38 bits per heavy atom. The van der Waals surface area contributed by atoms with E-state index in [9.17, 15) is 14.9 Å². The van der Waals surface area contributed by atoms with Gasteiger partial charge in [0.05, 0.1) is 17.1 Å². The highest BCUT2D eigenvalue weighted by molar-refractivity contribution is 6.02. The largest absolute Gasteiger partial charge is 0.462 e. The molecule has 3 aromatic rings. The molecule has 0 spiro atoms. The van der Waals surface area contributed by atoms with Crippen molar-refractivity contribution >= 4 is 23.8 Å². The van der Waals surface area contributed by atoms with Crippen molar-refractivity contribution in [2.75, 3.05) is 6.61 Å². The van der Waals surface area contributed by atoms with Crippen molar-refractivity contribution in [2.24, 2.45) is 4.99 Å². The van der Waals surface area contributed by atoms with E-state index < -0.39 is 10.9 Å². The third kappa shape index (κ3) is 4.40. The summed E-state index contributed by atoms with van der Waals surface area (Å²) in [4.78, 5) is 27.4. The number of rotatable bonds is 6. The first-order valence-corrected chi connectivity index (χ1v) is 9.06. The van der Waals surface area contributed by atoms with Gasteiger partial charge in [0.15, 0.2) is 0 Å². The number of carbonyl (C=O) groups is 1. The number of furan rings is 1. The number of nitro groups is 1. The van der Waals surface area contributed by atoms with Gasteiger partial charge in [-0.1, -0.05) is 29.8 Å². The summed E-state index contributed by atoms with van der Waals surface area (Å²) in [6.45, 7) is 5.58. The molecule has 0 saturated carbocycles. The zero-order chi connectivity index (χ0) is 21.0. The fraction of sp³-hybridized carbons (Fsp3) is 0.182. The molecule has 3 rings (SSSR count). The number of nitro benzene ring substituents is 1. The summed E-state index contributed by atoms with van der Waals surface area (Å²) < 4.78 is 10.9. The van der Waals surface area contributed by atoms with Crippen molar-refractivity contribution in [3.63, 3.8) is 0 Å². The fourth-order valence-electron chi connectivity index (χ4n) is 2.87. The van der Waals surface area contributed by atoms with E-state index >= 15 is 0 Å². The number of esters is 1. The Labute approximate surface area is 167 Å². The zero-order valence-electron chi connectivity index (χ0n) is 16.3. The molecule has 0 unspecified atom stereocenters. The average Bonchev–Trinajstić information content (AvgIpc) is 3.04. The molecule has 0 fully saturated rings. The number of ether oxygens (including phenoxy) is 1. The summed E-state index contributed by atoms with van der Waals surface area (Å²) in [5.41, 5.74) is 3.24. The lowest BCUT2D eigenvalue weighted by atomic mass is 10.0. The smallest absolute Gasteiger partial charge is 0.342 e. The van der Waals surface area contributed by atoms with Gasteiger partial charge in [-0.3, -0.25) is 10.1 Å². The molecule has 0 aliphatic rings. The number of aryl methyl sites for hydroxylation is 2. The first-order chi connectivity index (χ1) is 13.9. The molecule has 1 heterocycles. The number of nitrogens with zero attached hydrogens (tertiary/aromatic N) is 2. The molecule has 148 valence electrons. The van der Waals surface area contributed by atoms with Crippen LogP contribution in [-0.4, -0.2) is 23.7 Å². The lowest BCUT2D eigenvalue weighted by Gasteiger charge is -2.05. The number of non-ortho nitro benzene ring substituents is 1. The molecule has 0 amide bonds. The predicted octanol–water partition coefficient (Wildman–Crippen LogP) is 5.40. The van der Waals surface area contributed by atoms with Gasteiger partial charge in [0.2, 0.25) is 5.88 Å². The quantitative estimate of drug-likeness (QED) is 0.242. The van der Waals surface area contributed by atoms with Crippen LogP contribution in [0.4, 0.5) is 11.6 Å². The summed E-state index contributed by atoms with van der Waals surface area (Å²) >= 11 is 0. The Bertz CT molecular complexity index is 1060. The third-order valence-corrected chi connectivity index (χ3v) is 4.32. The summed E-state index contributed by atoms with van der Waals surface area (Å²) in [5, 5.41) is 11.0. The summed E-state index contributed by atoms with van der Waals surface area (Å²) in [6.07, 6.45) is 1.64. The van der Waals surface area contributed by atoms with Crippen molar-refractivity contribution in [1.82, 2.24) is 0 Å². The molecular weight excluding hydrogens is 372 g/mol. The average molecular weight is 392 g/mol. The molecule has 29 heavy (non-hydrogen) atoms. The fourth-order valence-corrected chi connectivity index (χ4v) is 2.87. The van der Waals surface area contributed by atoms with E-state index in [1.54, 1.807) is 32.2 Å². The van der Waals surface area contributed by atoms with Crippen LogP contribution in [-0.2, 0) is 4.74 Å². The summed E-state index contributed by atoms with van der Waals surface area (Å²) in [6, 6.07) is 13.7. The van der Waals surface area contributed by atoms with Crippen molar-refractivity contribution in [3.05, 3.63) is 81.1 Å². The monoisotopic (exact) mass is 392 g/mol. The molecule has 0 aliphatic carbocycles. The molecule has 1 aromatic heterocycles. The van der Waals surface area contributed by atoms with Crippen LogP contribution in [0.3, 0.4) is 0 Å². The first-order valence-electron chi connectivity index (χ1n) is 9.06. The van der Waals surface area contributed by atoms with Crippen LogP contribution >= 0.6 is 0 Å². The minimum atomic E-state index is -0.529. The number of hydrogen-bond acceptors (Lipinski definition) is 6. The van der Waals surface area contributed by atoms with Gasteiger partial charge in [-0.2, -0.15) is 0 Å². The van der Waals surface area contributed by atoms with Crippen LogP contribution < -0.4 is 0 Å². The van der Waals surface area contributed by atoms with E-state index in [0.717, 1.165) is 11.1 Å². The number of hydrogen-bond donors (Lipinski definition) is 0. The number of benzene rings is 2. The van der Waals surface area contributed by atoms with Gasteiger partial charge < -0.3 is 9.15 Å². The van der Waals surface area contributed by atoms with Gasteiger partial charge in [0.1, 0.15) is 11.3 Å². The van der Waals surface area contributed by atoms with E-state index in [0.29, 0.717) is 16.9 Å². The second-order valence-electron chi connectivity index (χ2n) is 6.41. The van der Waals surface area contributed by atoms with Crippen LogP contribution in [0.25, 0.3) is 11.1 Å². The van der Waals surface area contributed by atoms with Crippen molar-refractivity contribution in [3.8, 4) is 11.1 Å². The predicted molar refractivity (Wildman–Crippen MR) is 110 cm³/mol. The molecule has 7 heteroatoms. The van der Waals surface area contributed by atoms with Crippen molar-refractivity contribution in [1.29, 1.82) is 0 Å². The highest BCUT2D eigenvalue weighted by Gasteiger charge is 2.26. The number of aliphatic imine (C=N–C) groups is 1. The first kappa shape index (κ1) is 20.0. The molecule has 0 radical (unpaired) electrons. The van der Waals surface area contributed by atoms with Crippen LogP contribution in [0.1, 0.15) is 34.2 Å². The Morgan fingerprint density at radius 2 is 1.79 bits per heavy atom. The van der Waals surface area contributed by atoms with Crippen LogP contribution in [0, 0.1) is 24.0 Å². The maximum Gasteiger partial charge on any atom is 0.342 e. The maximum absolute atomic E-state index is 12.5. The van der Waals surface area contributed by atoms with Crippen LogP contribution in [0.15, 0.2) is 57.9 Å². The highest BCUT2D eigenvalue weighted by atomic mass is 16.6. The molecule has 7 nitrogen and oxygen atoms in total. The molecule has 0 N–H and O–H groups in total. The Balaban J connectivity index is 2.10. The topological polar surface area (TPSA) is 94.9 Å². The minimum absolute atomic E-state index is 0.0450. The van der Waals surface area contributed by atoms with Crippen LogP contribution in [0.2, 0.25) is 0 Å². The second kappa shape index (κ2) is 8.52. The summed E-state index contributed by atoms with van der Waals surface area (Å²) in [5.74, 6) is 0.0757. The normalized spacial score (nSPS) is 11.0. The Kier molecular flexibility index (Phi) is 5.87. The Hall–Kier alpha value is -3.74. The standard InChI is InChI=1S/C22H20N2O5/c1-4-28-22(25)19-15(3)29-21(23-13-16-7-5-14(2)6-8-16)20(19)17-9-11-18(12-10-17)24(26)27/h5-13H,4H2,1-3H3/b23-13+. The van der Waals surface area contributed by atoms with Crippen LogP contribution in [0.5, 0.6) is 0 Å². The molecule has 0 aliphatic heterocycles. The molecule has 0 saturated heterocycles. The van der Waals surface area contributed by atoms with E-state index in [1.165, 1.54) is 12.1 Å². The Morgan fingerprint density at radius 1 is 1.14 bits per heavy atom. The van der Waals surface area contributed by atoms with E-state index in [2.05, 4.69) is 4.99 Å². The molecule has 2 aromatic carbocycles. The molecule has 0 bridgehead atoms. The van der Waals surface area contributed by atoms with Gasteiger partial charge in [-0.15, -0.1) is 0 Å². The van der Waals surface area contributed by atoms with E-state index in [4.69, 9.17) is 9.15 Å². The maximum atomic E-state index is 12.5. The van der Waals surface area contributed by atoms with Gasteiger partial charge in [-0.05, 0) is 44.0 Å². The van der Waals surface area contributed by atoms with Crippen molar-refractivity contribution in [2.45, 2.75) is 20.8 Å². The van der Waals surface area contributed by atoms with E-state index in [-0.39, 0.29) is 23.7 Å². The zero-order valence-corrected chi connectivity index (χ0v) is 16.3. The lowest BCUT2D eigenvalue weighted by molar-refractivity contribution is -0.384. The minimum Gasteiger partial charge on any atom is -0.462 e. The van der Waals surface area contributed by atoms with Gasteiger partial charge in [0.25, 0.3) is 5.69 Å². The van der Waals surface area contributed by atoms with Crippen molar-refractivity contribution < 1.29 is 18.9 Å².